The molecule has 6 rings (SSSR count). The SMILES string of the molecule is COc1cc(F)cc2c(O[C@@H]3C[C@H]4C(=O)N[C@]5(C(=O)NS(=O)(=O)C6(C)CC6)C[C@H]5/C=C\CC[C@@H](C)O[C@@H](C)[C@H](NC(=O)OC(C)(C)C(F)(F)F)C(=O)N4C3)nccc12. The summed E-state index contributed by atoms with van der Waals surface area (Å²) in [5, 5.41) is 5.59. The van der Waals surface area contributed by atoms with Gasteiger partial charge in [-0.25, -0.2) is 22.6 Å². The van der Waals surface area contributed by atoms with Crippen molar-refractivity contribution in [3.8, 4) is 11.6 Å². The number of carbonyl (C=O) groups is 4. The Hall–Kier alpha value is -4.72. The fourth-order valence-electron chi connectivity index (χ4n) is 7.16. The minimum Gasteiger partial charge on any atom is -0.496 e. The van der Waals surface area contributed by atoms with Crippen LogP contribution in [0, 0.1) is 11.7 Å². The maximum Gasteiger partial charge on any atom is 0.427 e. The van der Waals surface area contributed by atoms with E-state index in [4.69, 9.17) is 18.9 Å². The third kappa shape index (κ3) is 8.53. The molecule has 1 aromatic carbocycles. The number of alkyl carbamates (subject to hydrolysis) is 1. The van der Waals surface area contributed by atoms with E-state index in [-0.39, 0.29) is 36.4 Å². The maximum absolute atomic E-state index is 14.7. The van der Waals surface area contributed by atoms with Crippen molar-refractivity contribution in [2.24, 2.45) is 5.92 Å². The topological polar surface area (TPSA) is 192 Å². The van der Waals surface area contributed by atoms with E-state index < -0.39 is 98.0 Å². The van der Waals surface area contributed by atoms with Gasteiger partial charge >= 0.3 is 12.3 Å². The van der Waals surface area contributed by atoms with Gasteiger partial charge < -0.3 is 34.5 Å². The van der Waals surface area contributed by atoms with E-state index in [0.717, 1.165) is 4.90 Å². The molecule has 2 saturated carbocycles. The normalized spacial score (nSPS) is 29.4. The number of benzene rings is 1. The minimum absolute atomic E-state index is 0.0370. The van der Waals surface area contributed by atoms with Crippen LogP contribution in [0.15, 0.2) is 36.5 Å². The number of methoxy groups -OCH3 is 1. The van der Waals surface area contributed by atoms with Gasteiger partial charge in [-0.3, -0.25) is 19.1 Å². The molecule has 15 nitrogen and oxygen atoms in total. The van der Waals surface area contributed by atoms with Gasteiger partial charge in [-0.15, -0.1) is 0 Å². The maximum atomic E-state index is 14.7. The van der Waals surface area contributed by atoms with Gasteiger partial charge in [-0.1, -0.05) is 12.2 Å². The van der Waals surface area contributed by atoms with E-state index in [1.54, 1.807) is 25.1 Å². The summed E-state index contributed by atoms with van der Waals surface area (Å²) in [4.78, 5) is 61.3. The van der Waals surface area contributed by atoms with Gasteiger partial charge in [0, 0.05) is 30.0 Å². The molecule has 7 atom stereocenters. The molecule has 4 amide bonds. The van der Waals surface area contributed by atoms with E-state index in [1.807, 2.05) is 0 Å². The van der Waals surface area contributed by atoms with Crippen LogP contribution in [0.25, 0.3) is 10.8 Å². The molecule has 3 heterocycles. The molecule has 318 valence electrons. The van der Waals surface area contributed by atoms with Gasteiger partial charge in [-0.2, -0.15) is 13.2 Å². The number of hydrogen-bond donors (Lipinski definition) is 3. The summed E-state index contributed by atoms with van der Waals surface area (Å²) in [5.74, 6) is -3.97. The Balaban J connectivity index is 1.36. The number of pyridine rings is 1. The molecule has 2 aromatic rings. The molecular formula is C38H47F4N5O10S. The number of nitrogens with one attached hydrogen (secondary N) is 3. The van der Waals surface area contributed by atoms with Crippen LogP contribution in [0.5, 0.6) is 11.6 Å². The van der Waals surface area contributed by atoms with Crippen LogP contribution in [0.4, 0.5) is 22.4 Å². The van der Waals surface area contributed by atoms with Crippen LogP contribution < -0.4 is 24.8 Å². The number of hydrogen-bond acceptors (Lipinski definition) is 11. The summed E-state index contributed by atoms with van der Waals surface area (Å²) in [6, 6.07) is 0.746. The number of aromatic nitrogens is 1. The van der Waals surface area contributed by atoms with E-state index in [1.165, 1.54) is 39.3 Å². The van der Waals surface area contributed by atoms with Gasteiger partial charge in [0.25, 0.3) is 5.91 Å². The Labute approximate surface area is 332 Å². The number of fused-ring (bicyclic) bond motifs is 3. The quantitative estimate of drug-likeness (QED) is 0.255. The molecule has 3 N–H and O–H groups in total. The lowest BCUT2D eigenvalue weighted by atomic mass is 10.1. The highest BCUT2D eigenvalue weighted by atomic mass is 32.2. The molecule has 3 fully saturated rings. The lowest BCUT2D eigenvalue weighted by Gasteiger charge is -2.34. The number of ether oxygens (including phenoxy) is 4. The van der Waals surface area contributed by atoms with Crippen LogP contribution in [0.3, 0.4) is 0 Å². The molecule has 4 aliphatic rings. The number of amides is 4. The molecule has 0 bridgehead atoms. The van der Waals surface area contributed by atoms with Gasteiger partial charge in [0.05, 0.1) is 36.0 Å². The Morgan fingerprint density at radius 3 is 2.48 bits per heavy atom. The third-order valence-electron chi connectivity index (χ3n) is 11.3. The Morgan fingerprint density at radius 2 is 1.83 bits per heavy atom. The average molecular weight is 842 g/mol. The smallest absolute Gasteiger partial charge is 0.427 e. The zero-order chi connectivity index (χ0) is 42.6. The lowest BCUT2D eigenvalue weighted by molar-refractivity contribution is -0.244. The largest absolute Gasteiger partial charge is 0.496 e. The number of sulfonamides is 1. The summed E-state index contributed by atoms with van der Waals surface area (Å²) in [5.41, 5.74) is -4.67. The number of allylic oxidation sites excluding steroid dienone is 1. The van der Waals surface area contributed by atoms with E-state index in [2.05, 4.69) is 20.3 Å². The molecule has 0 radical (unpaired) electrons. The second kappa shape index (κ2) is 15.5. The van der Waals surface area contributed by atoms with Crippen molar-refractivity contribution >= 4 is 44.6 Å². The number of alkyl halides is 3. The van der Waals surface area contributed by atoms with Gasteiger partial charge in [0.15, 0.2) is 0 Å². The highest BCUT2D eigenvalue weighted by Crippen LogP contribution is 2.47. The lowest BCUT2D eigenvalue weighted by Crippen LogP contribution is -2.60. The zero-order valence-electron chi connectivity index (χ0n) is 32.8. The Morgan fingerprint density at radius 1 is 1.12 bits per heavy atom. The highest BCUT2D eigenvalue weighted by Gasteiger charge is 2.63. The molecular weight excluding hydrogens is 795 g/mol. The second-order valence-corrected chi connectivity index (χ2v) is 18.3. The monoisotopic (exact) mass is 841 g/mol. The second-order valence-electron chi connectivity index (χ2n) is 16.1. The average Bonchev–Trinajstić information content (AvgIpc) is 4.01. The molecule has 58 heavy (non-hydrogen) atoms. The number of carbonyl (C=O) groups excluding carboxylic acids is 4. The molecule has 0 unspecified atom stereocenters. The van der Waals surface area contributed by atoms with Gasteiger partial charge in [-0.05, 0) is 78.9 Å². The number of nitrogens with zero attached hydrogens (tertiary/aromatic N) is 2. The number of halogens is 4. The fourth-order valence-corrected chi connectivity index (χ4v) is 8.47. The molecule has 2 aliphatic carbocycles. The summed E-state index contributed by atoms with van der Waals surface area (Å²) < 4.78 is 105. The summed E-state index contributed by atoms with van der Waals surface area (Å²) in [6.45, 7) is 5.54. The highest BCUT2D eigenvalue weighted by molar-refractivity contribution is 7.91. The number of rotatable bonds is 8. The van der Waals surface area contributed by atoms with Crippen LogP contribution in [0.2, 0.25) is 0 Å². The Bertz CT molecular complexity index is 2110. The van der Waals surface area contributed by atoms with Crippen molar-refractivity contribution in [3.63, 3.8) is 0 Å². The first-order valence-corrected chi connectivity index (χ1v) is 20.4. The van der Waals surface area contributed by atoms with Crippen molar-refractivity contribution in [2.45, 2.75) is 126 Å². The molecule has 0 spiro atoms. The van der Waals surface area contributed by atoms with E-state index in [0.29, 0.717) is 44.9 Å². The van der Waals surface area contributed by atoms with Crippen molar-refractivity contribution in [1.29, 1.82) is 0 Å². The first-order valence-electron chi connectivity index (χ1n) is 18.9. The van der Waals surface area contributed by atoms with E-state index >= 15 is 0 Å². The van der Waals surface area contributed by atoms with Crippen molar-refractivity contribution in [2.75, 3.05) is 13.7 Å². The van der Waals surface area contributed by atoms with Crippen LogP contribution in [0.1, 0.15) is 73.1 Å². The van der Waals surface area contributed by atoms with Crippen LogP contribution in [-0.2, 0) is 33.9 Å². The summed E-state index contributed by atoms with van der Waals surface area (Å²) in [7, 11) is -2.77. The summed E-state index contributed by atoms with van der Waals surface area (Å²) in [6.07, 6.45) is -3.26. The van der Waals surface area contributed by atoms with Crippen molar-refractivity contribution in [1.82, 2.24) is 25.2 Å². The minimum atomic E-state index is -4.97. The standard InChI is InChI=1S/C38H47F4N5O10S/c1-20-9-7-8-10-22-18-37(22,33(50)46-58(52,53)36(5)12-13-36)45-30(48)27-17-24(56-31-26-15-23(39)16-28(54-6)25(26)11-14-43-31)19-47(27)32(49)29(21(2)55-20)44-34(51)57-35(3,4)38(40,41)42/h8,10-11,14-16,20-22,24,27,29H,7,9,12-13,17-19H2,1-6H3,(H,44,51)(H,45,48)(H,46,50)/b10-8-/t20-,21+,22-,24-,27+,29+,37-/m1/s1. The van der Waals surface area contributed by atoms with Crippen molar-refractivity contribution < 1.29 is 64.1 Å². The first kappa shape index (κ1) is 42.9. The predicted molar refractivity (Wildman–Crippen MR) is 198 cm³/mol. The van der Waals surface area contributed by atoms with Gasteiger partial charge in [0.2, 0.25) is 33.3 Å². The van der Waals surface area contributed by atoms with Crippen LogP contribution in [-0.4, -0.2) is 108 Å². The molecule has 2 aliphatic heterocycles. The summed E-state index contributed by atoms with van der Waals surface area (Å²) >= 11 is 0. The first-order chi connectivity index (χ1) is 27.0. The third-order valence-corrected chi connectivity index (χ3v) is 13.5. The fraction of sp³-hybridized carbons (Fsp3) is 0.605. The van der Waals surface area contributed by atoms with E-state index in [9.17, 15) is 45.2 Å². The van der Waals surface area contributed by atoms with Crippen molar-refractivity contribution in [3.05, 3.63) is 42.4 Å². The predicted octanol–water partition coefficient (Wildman–Crippen LogP) is 4.18. The molecule has 1 saturated heterocycles. The zero-order valence-corrected chi connectivity index (χ0v) is 33.6. The molecule has 1 aromatic heterocycles. The Kier molecular flexibility index (Phi) is 11.4. The molecule has 20 heteroatoms. The van der Waals surface area contributed by atoms with Crippen LogP contribution >= 0.6 is 0 Å². The van der Waals surface area contributed by atoms with Gasteiger partial charge in [0.1, 0.15) is 35.3 Å².